The monoisotopic (exact) mass is 445 g/mol. The molecule has 33 heavy (non-hydrogen) atoms. The molecule has 0 bridgehead atoms. The topological polar surface area (TPSA) is 95.3 Å². The standard InChI is InChI=1S/C25H27N5O3/c1-32-20-4-2-3-17(11-20)13-26-25(31)24-22(16-30-7-9-33-10-8-30)21-6-5-18(12-23(21)29-24)19-14-27-28-15-19/h2-6,11-12,14-15,29H,7-10,13,16H2,1H3,(H,26,31)(H,27,28). The molecule has 8 nitrogen and oxygen atoms in total. The highest BCUT2D eigenvalue weighted by Gasteiger charge is 2.21. The van der Waals surface area contributed by atoms with E-state index in [4.69, 9.17) is 9.47 Å². The van der Waals surface area contributed by atoms with Crippen molar-refractivity contribution in [2.24, 2.45) is 0 Å². The summed E-state index contributed by atoms with van der Waals surface area (Å²) in [7, 11) is 1.64. The molecule has 170 valence electrons. The van der Waals surface area contributed by atoms with Gasteiger partial charge in [-0.05, 0) is 29.3 Å². The average molecular weight is 446 g/mol. The Morgan fingerprint density at radius 3 is 2.85 bits per heavy atom. The summed E-state index contributed by atoms with van der Waals surface area (Å²) in [5.74, 6) is 0.647. The van der Waals surface area contributed by atoms with Gasteiger partial charge in [0.15, 0.2) is 0 Å². The largest absolute Gasteiger partial charge is 0.497 e. The van der Waals surface area contributed by atoms with Crippen LogP contribution >= 0.6 is 0 Å². The van der Waals surface area contributed by atoms with E-state index in [1.807, 2.05) is 30.5 Å². The van der Waals surface area contributed by atoms with Gasteiger partial charge in [-0.1, -0.05) is 24.3 Å². The molecular weight excluding hydrogens is 418 g/mol. The minimum Gasteiger partial charge on any atom is -0.497 e. The number of hydrogen-bond donors (Lipinski definition) is 3. The number of amides is 1. The third-order valence-electron chi connectivity index (χ3n) is 6.04. The van der Waals surface area contributed by atoms with Crippen molar-refractivity contribution >= 4 is 16.8 Å². The van der Waals surface area contributed by atoms with Crippen molar-refractivity contribution in [3.8, 4) is 16.9 Å². The van der Waals surface area contributed by atoms with E-state index in [2.05, 4.69) is 43.6 Å². The first-order valence-corrected chi connectivity index (χ1v) is 11.1. The van der Waals surface area contributed by atoms with E-state index in [9.17, 15) is 4.79 Å². The quantitative estimate of drug-likeness (QED) is 0.406. The van der Waals surface area contributed by atoms with Gasteiger partial charge in [-0.2, -0.15) is 5.10 Å². The molecule has 1 amide bonds. The summed E-state index contributed by atoms with van der Waals surface area (Å²) in [4.78, 5) is 19.0. The molecule has 0 atom stereocenters. The van der Waals surface area contributed by atoms with Crippen molar-refractivity contribution in [3.05, 3.63) is 71.7 Å². The lowest BCUT2D eigenvalue weighted by atomic mass is 10.0. The predicted molar refractivity (Wildman–Crippen MR) is 126 cm³/mol. The lowest BCUT2D eigenvalue weighted by molar-refractivity contribution is 0.0342. The Balaban J connectivity index is 1.45. The van der Waals surface area contributed by atoms with Crippen LogP contribution in [0.15, 0.2) is 54.9 Å². The molecule has 0 spiro atoms. The summed E-state index contributed by atoms with van der Waals surface area (Å²) in [5.41, 5.74) is 5.57. The SMILES string of the molecule is COc1cccc(CNC(=O)c2[nH]c3cc(-c4cn[nH]c4)ccc3c2CN2CCOCC2)c1. The highest BCUT2D eigenvalue weighted by molar-refractivity contribution is 6.01. The van der Waals surface area contributed by atoms with E-state index in [0.717, 1.165) is 52.0 Å². The summed E-state index contributed by atoms with van der Waals surface area (Å²) >= 11 is 0. The second kappa shape index (κ2) is 9.48. The van der Waals surface area contributed by atoms with E-state index in [1.54, 1.807) is 13.3 Å². The van der Waals surface area contributed by atoms with Crippen LogP contribution in [-0.2, 0) is 17.8 Å². The predicted octanol–water partition coefficient (Wildman–Crippen LogP) is 3.33. The Morgan fingerprint density at radius 2 is 2.06 bits per heavy atom. The Hall–Kier alpha value is -3.62. The molecular formula is C25H27N5O3. The first-order valence-electron chi connectivity index (χ1n) is 11.1. The van der Waals surface area contributed by atoms with Gasteiger partial charge in [0.25, 0.3) is 5.91 Å². The Morgan fingerprint density at radius 1 is 1.18 bits per heavy atom. The maximum Gasteiger partial charge on any atom is 0.268 e. The van der Waals surface area contributed by atoms with Crippen LogP contribution in [0.1, 0.15) is 21.6 Å². The van der Waals surface area contributed by atoms with Gasteiger partial charge >= 0.3 is 0 Å². The van der Waals surface area contributed by atoms with Crippen LogP contribution in [0.25, 0.3) is 22.0 Å². The van der Waals surface area contributed by atoms with Crippen molar-refractivity contribution in [2.45, 2.75) is 13.1 Å². The number of rotatable bonds is 7. The Kier molecular flexibility index (Phi) is 6.10. The van der Waals surface area contributed by atoms with Gasteiger partial charge < -0.3 is 19.8 Å². The maximum atomic E-state index is 13.3. The number of nitrogens with one attached hydrogen (secondary N) is 3. The number of fused-ring (bicyclic) bond motifs is 1. The first kappa shape index (κ1) is 21.2. The molecule has 0 saturated carbocycles. The van der Waals surface area contributed by atoms with Crippen LogP contribution in [0, 0.1) is 0 Å². The zero-order valence-corrected chi connectivity index (χ0v) is 18.6. The van der Waals surface area contributed by atoms with Crippen LogP contribution in [0.2, 0.25) is 0 Å². The van der Waals surface area contributed by atoms with Crippen molar-refractivity contribution in [3.63, 3.8) is 0 Å². The van der Waals surface area contributed by atoms with Gasteiger partial charge in [0.05, 0.1) is 26.5 Å². The molecule has 5 rings (SSSR count). The fourth-order valence-electron chi connectivity index (χ4n) is 4.24. The molecule has 2 aromatic carbocycles. The normalized spacial score (nSPS) is 14.5. The van der Waals surface area contributed by atoms with Crippen LogP contribution in [0.3, 0.4) is 0 Å². The number of ether oxygens (including phenoxy) is 2. The molecule has 0 aliphatic carbocycles. The van der Waals surface area contributed by atoms with E-state index >= 15 is 0 Å². The average Bonchev–Trinajstić information content (AvgIpc) is 3.52. The van der Waals surface area contributed by atoms with E-state index in [0.29, 0.717) is 32.0 Å². The number of H-pyrrole nitrogens is 2. The van der Waals surface area contributed by atoms with E-state index < -0.39 is 0 Å². The third kappa shape index (κ3) is 4.62. The number of methoxy groups -OCH3 is 1. The summed E-state index contributed by atoms with van der Waals surface area (Å²) in [6.07, 6.45) is 3.65. The molecule has 2 aromatic heterocycles. The first-order chi connectivity index (χ1) is 16.2. The summed E-state index contributed by atoms with van der Waals surface area (Å²) in [5, 5.41) is 11.0. The number of hydrogen-bond acceptors (Lipinski definition) is 5. The smallest absolute Gasteiger partial charge is 0.268 e. The summed E-state index contributed by atoms with van der Waals surface area (Å²) in [6.45, 7) is 4.24. The fourth-order valence-corrected chi connectivity index (χ4v) is 4.24. The number of morpholine rings is 1. The van der Waals surface area contributed by atoms with Crippen molar-refractivity contribution < 1.29 is 14.3 Å². The second-order valence-electron chi connectivity index (χ2n) is 8.15. The lowest BCUT2D eigenvalue weighted by Gasteiger charge is -2.26. The van der Waals surface area contributed by atoms with E-state index in [1.165, 1.54) is 0 Å². The molecule has 1 saturated heterocycles. The van der Waals surface area contributed by atoms with Crippen LogP contribution in [0.4, 0.5) is 0 Å². The highest BCUT2D eigenvalue weighted by Crippen LogP contribution is 2.29. The Labute approximate surface area is 191 Å². The number of carbonyl (C=O) groups excluding carboxylic acids is 1. The summed E-state index contributed by atoms with van der Waals surface area (Å²) < 4.78 is 10.8. The molecule has 3 heterocycles. The fraction of sp³-hybridized carbons (Fsp3) is 0.280. The molecule has 1 aliphatic rings. The van der Waals surface area contributed by atoms with Gasteiger partial charge in [-0.15, -0.1) is 0 Å². The van der Waals surface area contributed by atoms with Crippen LogP contribution < -0.4 is 10.1 Å². The number of benzene rings is 2. The van der Waals surface area contributed by atoms with E-state index in [-0.39, 0.29) is 5.91 Å². The number of aromatic nitrogens is 3. The van der Waals surface area contributed by atoms with Gasteiger partial charge in [-0.3, -0.25) is 14.8 Å². The number of carbonyl (C=O) groups is 1. The third-order valence-corrected chi connectivity index (χ3v) is 6.04. The number of nitrogens with zero attached hydrogens (tertiary/aromatic N) is 2. The number of aromatic amines is 2. The van der Waals surface area contributed by atoms with Crippen molar-refractivity contribution in [2.75, 3.05) is 33.4 Å². The second-order valence-corrected chi connectivity index (χ2v) is 8.15. The molecule has 4 aromatic rings. The van der Waals surface area contributed by atoms with Crippen molar-refractivity contribution in [1.82, 2.24) is 25.4 Å². The molecule has 1 fully saturated rings. The van der Waals surface area contributed by atoms with Crippen molar-refractivity contribution in [1.29, 1.82) is 0 Å². The molecule has 3 N–H and O–H groups in total. The lowest BCUT2D eigenvalue weighted by Crippen LogP contribution is -2.36. The summed E-state index contributed by atoms with van der Waals surface area (Å²) in [6, 6.07) is 13.9. The minimum absolute atomic E-state index is 0.123. The molecule has 0 radical (unpaired) electrons. The van der Waals surface area contributed by atoms with Gasteiger partial charge in [-0.25, -0.2) is 0 Å². The van der Waals surface area contributed by atoms with Crippen LogP contribution in [-0.4, -0.2) is 59.4 Å². The van der Waals surface area contributed by atoms with Gasteiger partial charge in [0.2, 0.25) is 0 Å². The molecule has 8 heteroatoms. The van der Waals surface area contributed by atoms with Crippen LogP contribution in [0.5, 0.6) is 5.75 Å². The molecule has 0 unspecified atom stereocenters. The maximum absolute atomic E-state index is 13.3. The van der Waals surface area contributed by atoms with Gasteiger partial charge in [0.1, 0.15) is 11.4 Å². The molecule has 1 aliphatic heterocycles. The highest BCUT2D eigenvalue weighted by atomic mass is 16.5. The minimum atomic E-state index is -0.123. The zero-order valence-electron chi connectivity index (χ0n) is 18.6. The van der Waals surface area contributed by atoms with Gasteiger partial charge in [0, 0.05) is 54.4 Å². The zero-order chi connectivity index (χ0) is 22.6. The Bertz CT molecular complexity index is 1240.